The van der Waals surface area contributed by atoms with Gasteiger partial charge < -0.3 is 19.5 Å². The Kier molecular flexibility index (Phi) is 7.79. The lowest BCUT2D eigenvalue weighted by Crippen LogP contribution is -2.35. The summed E-state index contributed by atoms with van der Waals surface area (Å²) in [5.74, 6) is -0.629. The van der Waals surface area contributed by atoms with Gasteiger partial charge in [0, 0.05) is 18.8 Å². The molecule has 0 aliphatic heterocycles. The van der Waals surface area contributed by atoms with Crippen molar-refractivity contribution in [3.63, 3.8) is 0 Å². The number of rotatable bonds is 9. The Balaban J connectivity index is 2.16. The van der Waals surface area contributed by atoms with Crippen molar-refractivity contribution >= 4 is 27.6 Å². The second-order valence-corrected chi connectivity index (χ2v) is 8.14. The van der Waals surface area contributed by atoms with Crippen molar-refractivity contribution in [3.05, 3.63) is 48.0 Å². The average molecular weight is 436 g/mol. The van der Waals surface area contributed by atoms with Crippen LogP contribution in [0.1, 0.15) is 17.3 Å². The Morgan fingerprint density at radius 2 is 1.80 bits per heavy atom. The number of sulfonamides is 1. The summed E-state index contributed by atoms with van der Waals surface area (Å²) < 4.78 is 41.9. The lowest BCUT2D eigenvalue weighted by atomic mass is 10.2. The van der Waals surface area contributed by atoms with Crippen LogP contribution in [0.25, 0.3) is 0 Å². The molecular weight excluding hydrogens is 412 g/mol. The van der Waals surface area contributed by atoms with Crippen molar-refractivity contribution in [1.29, 1.82) is 0 Å². The quantitative estimate of drug-likeness (QED) is 0.600. The average Bonchev–Trinajstić information content (AvgIpc) is 2.73. The molecule has 0 atom stereocenters. The first-order valence-corrected chi connectivity index (χ1v) is 10.4. The third-order valence-corrected chi connectivity index (χ3v) is 5.91. The van der Waals surface area contributed by atoms with Crippen molar-refractivity contribution in [2.45, 2.75) is 11.8 Å². The van der Waals surface area contributed by atoms with Crippen LogP contribution in [-0.4, -0.2) is 59.0 Å². The van der Waals surface area contributed by atoms with Gasteiger partial charge >= 0.3 is 5.97 Å². The number of anilines is 1. The highest BCUT2D eigenvalue weighted by Crippen LogP contribution is 2.30. The van der Waals surface area contributed by atoms with Crippen LogP contribution in [0.4, 0.5) is 5.69 Å². The number of benzene rings is 2. The van der Waals surface area contributed by atoms with Crippen molar-refractivity contribution in [2.24, 2.45) is 0 Å². The number of nitrogens with zero attached hydrogens (tertiary/aromatic N) is 1. The lowest BCUT2D eigenvalue weighted by molar-refractivity contribution is -0.116. The summed E-state index contributed by atoms with van der Waals surface area (Å²) in [6.07, 6.45) is 0. The van der Waals surface area contributed by atoms with Crippen LogP contribution in [0.5, 0.6) is 11.5 Å². The number of esters is 1. The van der Waals surface area contributed by atoms with Crippen molar-refractivity contribution in [1.82, 2.24) is 4.31 Å². The van der Waals surface area contributed by atoms with E-state index in [2.05, 4.69) is 5.32 Å². The number of likely N-dealkylation sites (N-methyl/N-ethyl adjacent to an activating group) is 1. The van der Waals surface area contributed by atoms with Crippen LogP contribution >= 0.6 is 0 Å². The molecule has 2 aromatic carbocycles. The SMILES string of the molecule is CCOC(=O)c1cccc(NC(=O)CN(C)S(=O)(=O)c2cc(OC)ccc2OC)c1. The van der Waals surface area contributed by atoms with Crippen molar-refractivity contribution in [2.75, 3.05) is 39.7 Å². The molecule has 1 amide bonds. The smallest absolute Gasteiger partial charge is 0.338 e. The van der Waals surface area contributed by atoms with E-state index >= 15 is 0 Å². The predicted molar refractivity (Wildman–Crippen MR) is 110 cm³/mol. The zero-order valence-electron chi connectivity index (χ0n) is 17.2. The zero-order chi connectivity index (χ0) is 22.3. The second-order valence-electron chi connectivity index (χ2n) is 6.13. The first-order chi connectivity index (χ1) is 14.2. The molecule has 0 saturated heterocycles. The summed E-state index contributed by atoms with van der Waals surface area (Å²) in [5.41, 5.74) is 0.618. The molecule has 0 radical (unpaired) electrons. The highest BCUT2D eigenvalue weighted by molar-refractivity contribution is 7.89. The molecule has 1 N–H and O–H groups in total. The minimum atomic E-state index is -4.04. The summed E-state index contributed by atoms with van der Waals surface area (Å²) in [6, 6.07) is 10.5. The minimum absolute atomic E-state index is 0.121. The molecular formula is C20H24N2O7S. The van der Waals surface area contributed by atoms with Crippen LogP contribution in [0, 0.1) is 0 Å². The van der Waals surface area contributed by atoms with Gasteiger partial charge in [-0.2, -0.15) is 4.31 Å². The molecule has 0 saturated carbocycles. The van der Waals surface area contributed by atoms with E-state index in [1.807, 2.05) is 0 Å². The molecule has 0 aliphatic carbocycles. The second kappa shape index (κ2) is 10.1. The number of carbonyl (C=O) groups excluding carboxylic acids is 2. The summed E-state index contributed by atoms with van der Waals surface area (Å²) in [5, 5.41) is 2.58. The van der Waals surface area contributed by atoms with Gasteiger partial charge in [-0.3, -0.25) is 4.79 Å². The van der Waals surface area contributed by atoms with E-state index in [1.165, 1.54) is 39.5 Å². The maximum atomic E-state index is 12.9. The summed E-state index contributed by atoms with van der Waals surface area (Å²) in [4.78, 5) is 24.1. The van der Waals surface area contributed by atoms with Crippen molar-refractivity contribution in [3.8, 4) is 11.5 Å². The topological polar surface area (TPSA) is 111 Å². The molecule has 10 heteroatoms. The number of ether oxygens (including phenoxy) is 3. The molecule has 0 aromatic heterocycles. The molecule has 0 spiro atoms. The van der Waals surface area contributed by atoms with Gasteiger partial charge in [0.25, 0.3) is 0 Å². The molecule has 0 aliphatic rings. The number of amides is 1. The minimum Gasteiger partial charge on any atom is -0.497 e. The molecule has 0 heterocycles. The van der Waals surface area contributed by atoms with Gasteiger partial charge in [0.05, 0.1) is 32.9 Å². The van der Waals surface area contributed by atoms with Crippen LogP contribution in [0.3, 0.4) is 0 Å². The Bertz CT molecular complexity index is 1020. The van der Waals surface area contributed by atoms with E-state index in [4.69, 9.17) is 14.2 Å². The standard InChI is InChI=1S/C20H24N2O7S/c1-5-29-20(24)14-7-6-8-15(11-14)21-19(23)13-22(2)30(25,26)18-12-16(27-3)9-10-17(18)28-4/h6-12H,5,13H2,1-4H3,(H,21,23). The lowest BCUT2D eigenvalue weighted by Gasteiger charge is -2.19. The van der Waals surface area contributed by atoms with Gasteiger partial charge in [0.1, 0.15) is 16.4 Å². The van der Waals surface area contributed by atoms with Crippen LogP contribution in [-0.2, 0) is 19.6 Å². The maximum Gasteiger partial charge on any atom is 0.338 e. The zero-order valence-corrected chi connectivity index (χ0v) is 18.0. The normalized spacial score (nSPS) is 11.1. The van der Waals surface area contributed by atoms with Gasteiger partial charge in [-0.25, -0.2) is 13.2 Å². The van der Waals surface area contributed by atoms with Crippen molar-refractivity contribution < 1.29 is 32.2 Å². The Labute approximate surface area is 175 Å². The van der Waals surface area contributed by atoms with E-state index in [9.17, 15) is 18.0 Å². The van der Waals surface area contributed by atoms with Gasteiger partial charge in [-0.05, 0) is 37.3 Å². The molecule has 2 aromatic rings. The van der Waals surface area contributed by atoms with Crippen LogP contribution in [0.15, 0.2) is 47.4 Å². The molecule has 162 valence electrons. The number of carbonyl (C=O) groups is 2. The van der Waals surface area contributed by atoms with Gasteiger partial charge in [0.15, 0.2) is 0 Å². The number of methoxy groups -OCH3 is 2. The fraction of sp³-hybridized carbons (Fsp3) is 0.300. The third kappa shape index (κ3) is 5.49. The third-order valence-electron chi connectivity index (χ3n) is 4.08. The first kappa shape index (κ1) is 23.2. The first-order valence-electron chi connectivity index (χ1n) is 8.98. The van der Waals surface area contributed by atoms with E-state index in [0.29, 0.717) is 11.4 Å². The van der Waals surface area contributed by atoms with E-state index in [0.717, 1.165) is 4.31 Å². The fourth-order valence-corrected chi connectivity index (χ4v) is 3.87. The molecule has 0 fully saturated rings. The molecule has 9 nitrogen and oxygen atoms in total. The molecule has 30 heavy (non-hydrogen) atoms. The van der Waals surface area contributed by atoms with Gasteiger partial charge in [-0.15, -0.1) is 0 Å². The van der Waals surface area contributed by atoms with E-state index in [-0.39, 0.29) is 22.8 Å². The van der Waals surface area contributed by atoms with E-state index in [1.54, 1.807) is 31.2 Å². The number of nitrogens with one attached hydrogen (secondary N) is 1. The largest absolute Gasteiger partial charge is 0.497 e. The highest BCUT2D eigenvalue weighted by atomic mass is 32.2. The molecule has 2 rings (SSSR count). The molecule has 0 bridgehead atoms. The highest BCUT2D eigenvalue weighted by Gasteiger charge is 2.27. The Morgan fingerprint density at radius 1 is 1.07 bits per heavy atom. The number of hydrogen-bond acceptors (Lipinski definition) is 7. The Hall–Kier alpha value is -3.11. The monoisotopic (exact) mass is 436 g/mol. The van der Waals surface area contributed by atoms with Gasteiger partial charge in [0.2, 0.25) is 15.9 Å². The predicted octanol–water partition coefficient (Wildman–Crippen LogP) is 2.14. The van der Waals surface area contributed by atoms with Crippen LogP contribution in [0.2, 0.25) is 0 Å². The summed E-state index contributed by atoms with van der Waals surface area (Å²) in [7, 11) is 0.0111. The summed E-state index contributed by atoms with van der Waals surface area (Å²) >= 11 is 0. The Morgan fingerprint density at radius 3 is 2.43 bits per heavy atom. The fourth-order valence-electron chi connectivity index (χ4n) is 2.58. The number of hydrogen-bond donors (Lipinski definition) is 1. The molecule has 0 unspecified atom stereocenters. The summed E-state index contributed by atoms with van der Waals surface area (Å²) in [6.45, 7) is 1.47. The maximum absolute atomic E-state index is 12.9. The van der Waals surface area contributed by atoms with Crippen LogP contribution < -0.4 is 14.8 Å². The van der Waals surface area contributed by atoms with Gasteiger partial charge in [-0.1, -0.05) is 6.07 Å². The van der Waals surface area contributed by atoms with E-state index < -0.39 is 28.4 Å².